The van der Waals surface area contributed by atoms with E-state index in [-0.39, 0.29) is 6.42 Å². The number of hydrogen-bond acceptors (Lipinski definition) is 4. The van der Waals surface area contributed by atoms with Crippen molar-refractivity contribution in [3.05, 3.63) is 11.1 Å². The van der Waals surface area contributed by atoms with E-state index in [4.69, 9.17) is 0 Å². The van der Waals surface area contributed by atoms with Gasteiger partial charge in [-0.05, 0) is 19.3 Å². The zero-order valence-electron chi connectivity index (χ0n) is 10.6. The van der Waals surface area contributed by atoms with E-state index in [1.165, 1.54) is 14.2 Å². The van der Waals surface area contributed by atoms with Gasteiger partial charge in [-0.2, -0.15) is 0 Å². The number of allylic oxidation sites excluding steroid dienone is 1. The predicted octanol–water partition coefficient (Wildman–Crippen LogP) is 2.09. The summed E-state index contributed by atoms with van der Waals surface area (Å²) >= 11 is 0. The van der Waals surface area contributed by atoms with E-state index < -0.39 is 11.9 Å². The Kier molecular flexibility index (Phi) is 6.46. The lowest BCUT2D eigenvalue weighted by atomic mass is 9.97. The van der Waals surface area contributed by atoms with Gasteiger partial charge >= 0.3 is 11.9 Å². The molecule has 0 aromatic carbocycles. The molecule has 0 N–H and O–H groups in total. The van der Waals surface area contributed by atoms with Crippen LogP contribution in [0.3, 0.4) is 0 Å². The molecule has 0 saturated carbocycles. The van der Waals surface area contributed by atoms with Crippen LogP contribution in [-0.4, -0.2) is 26.2 Å². The van der Waals surface area contributed by atoms with Crippen LogP contribution in [0.1, 0.15) is 33.6 Å². The molecular weight excluding hydrogens is 208 g/mol. The molecule has 0 atom stereocenters. The average molecular weight is 228 g/mol. The van der Waals surface area contributed by atoms with Crippen molar-refractivity contribution >= 4 is 11.9 Å². The molecule has 0 aliphatic heterocycles. The second-order valence-corrected chi connectivity index (χ2v) is 4.10. The maximum Gasteiger partial charge on any atom is 0.334 e. The number of esters is 2. The summed E-state index contributed by atoms with van der Waals surface area (Å²) in [6.45, 7) is 5.95. The second kappa shape index (κ2) is 7.04. The van der Waals surface area contributed by atoms with Gasteiger partial charge in [0, 0.05) is 5.57 Å². The fourth-order valence-electron chi connectivity index (χ4n) is 1.47. The SMILES string of the molecule is COC(=O)C/C(C(=O)OC)=C(/C)CC(C)C. The smallest absolute Gasteiger partial charge is 0.334 e. The van der Waals surface area contributed by atoms with E-state index in [9.17, 15) is 9.59 Å². The van der Waals surface area contributed by atoms with E-state index in [0.717, 1.165) is 12.0 Å². The van der Waals surface area contributed by atoms with Gasteiger partial charge in [-0.15, -0.1) is 0 Å². The van der Waals surface area contributed by atoms with Gasteiger partial charge in [0.1, 0.15) is 0 Å². The molecule has 0 fully saturated rings. The van der Waals surface area contributed by atoms with Crippen molar-refractivity contribution in [3.63, 3.8) is 0 Å². The molecule has 0 heterocycles. The zero-order chi connectivity index (χ0) is 12.7. The Labute approximate surface area is 96.6 Å². The highest BCUT2D eigenvalue weighted by Crippen LogP contribution is 2.18. The Morgan fingerprint density at radius 3 is 2.06 bits per heavy atom. The molecule has 0 aromatic rings. The minimum atomic E-state index is -0.455. The Hall–Kier alpha value is -1.32. The van der Waals surface area contributed by atoms with E-state index in [1.807, 2.05) is 6.92 Å². The normalized spacial score (nSPS) is 12.1. The molecule has 0 spiro atoms. The average Bonchev–Trinajstić information content (AvgIpc) is 2.23. The topological polar surface area (TPSA) is 52.6 Å². The van der Waals surface area contributed by atoms with Crippen LogP contribution in [0.2, 0.25) is 0 Å². The molecular formula is C12H20O4. The fourth-order valence-corrected chi connectivity index (χ4v) is 1.47. The molecule has 0 amide bonds. The van der Waals surface area contributed by atoms with Crippen LogP contribution in [0.25, 0.3) is 0 Å². The summed E-state index contributed by atoms with van der Waals surface area (Å²) in [6, 6.07) is 0. The van der Waals surface area contributed by atoms with Gasteiger partial charge in [0.2, 0.25) is 0 Å². The van der Waals surface area contributed by atoms with E-state index in [0.29, 0.717) is 11.5 Å². The molecule has 92 valence electrons. The first kappa shape index (κ1) is 14.7. The lowest BCUT2D eigenvalue weighted by Crippen LogP contribution is -2.13. The van der Waals surface area contributed by atoms with Crippen molar-refractivity contribution in [2.45, 2.75) is 33.6 Å². The van der Waals surface area contributed by atoms with Crippen molar-refractivity contribution in [2.75, 3.05) is 14.2 Å². The van der Waals surface area contributed by atoms with Crippen LogP contribution in [0.15, 0.2) is 11.1 Å². The number of carbonyl (C=O) groups excluding carboxylic acids is 2. The zero-order valence-corrected chi connectivity index (χ0v) is 10.6. The van der Waals surface area contributed by atoms with Crippen molar-refractivity contribution in [1.82, 2.24) is 0 Å². The first-order chi connectivity index (χ1) is 7.42. The van der Waals surface area contributed by atoms with E-state index in [2.05, 4.69) is 23.3 Å². The maximum atomic E-state index is 11.5. The third-order valence-corrected chi connectivity index (χ3v) is 2.21. The minimum Gasteiger partial charge on any atom is -0.469 e. The highest BCUT2D eigenvalue weighted by Gasteiger charge is 2.18. The lowest BCUT2D eigenvalue weighted by Gasteiger charge is -2.11. The summed E-state index contributed by atoms with van der Waals surface area (Å²) in [6.07, 6.45) is 0.739. The van der Waals surface area contributed by atoms with Crippen LogP contribution in [0.5, 0.6) is 0 Å². The van der Waals surface area contributed by atoms with Crippen molar-refractivity contribution in [2.24, 2.45) is 5.92 Å². The van der Waals surface area contributed by atoms with Gasteiger partial charge in [-0.1, -0.05) is 19.4 Å². The summed E-state index contributed by atoms with van der Waals surface area (Å²) in [5.74, 6) is -0.454. The Morgan fingerprint density at radius 1 is 1.12 bits per heavy atom. The molecule has 16 heavy (non-hydrogen) atoms. The van der Waals surface area contributed by atoms with Gasteiger partial charge in [0.25, 0.3) is 0 Å². The quantitative estimate of drug-likeness (QED) is 0.534. The molecule has 0 aliphatic rings. The first-order valence-corrected chi connectivity index (χ1v) is 5.26. The van der Waals surface area contributed by atoms with Crippen LogP contribution in [0.4, 0.5) is 0 Å². The van der Waals surface area contributed by atoms with Crippen molar-refractivity contribution in [1.29, 1.82) is 0 Å². The number of hydrogen-bond donors (Lipinski definition) is 0. The second-order valence-electron chi connectivity index (χ2n) is 4.10. The van der Waals surface area contributed by atoms with Crippen molar-refractivity contribution in [3.8, 4) is 0 Å². The Bertz CT molecular complexity index is 289. The fraction of sp³-hybridized carbons (Fsp3) is 0.667. The predicted molar refractivity (Wildman–Crippen MR) is 60.8 cm³/mol. The largest absolute Gasteiger partial charge is 0.469 e. The van der Waals surface area contributed by atoms with Gasteiger partial charge in [0.05, 0.1) is 20.6 Å². The highest BCUT2D eigenvalue weighted by molar-refractivity contribution is 5.94. The highest BCUT2D eigenvalue weighted by atomic mass is 16.5. The van der Waals surface area contributed by atoms with Crippen LogP contribution in [0, 0.1) is 5.92 Å². The molecule has 0 radical (unpaired) electrons. The van der Waals surface area contributed by atoms with Crippen LogP contribution < -0.4 is 0 Å². The molecule has 0 bridgehead atoms. The summed E-state index contributed by atoms with van der Waals surface area (Å²) in [4.78, 5) is 22.7. The summed E-state index contributed by atoms with van der Waals surface area (Å²) < 4.78 is 9.21. The number of ether oxygens (including phenoxy) is 2. The van der Waals surface area contributed by atoms with Gasteiger partial charge in [0.15, 0.2) is 0 Å². The number of methoxy groups -OCH3 is 2. The minimum absolute atomic E-state index is 0.0261. The maximum absolute atomic E-state index is 11.5. The van der Waals surface area contributed by atoms with Gasteiger partial charge < -0.3 is 9.47 Å². The van der Waals surface area contributed by atoms with Crippen LogP contribution in [-0.2, 0) is 19.1 Å². The third-order valence-electron chi connectivity index (χ3n) is 2.21. The Balaban J connectivity index is 4.91. The van der Waals surface area contributed by atoms with Gasteiger partial charge in [-0.25, -0.2) is 4.79 Å². The first-order valence-electron chi connectivity index (χ1n) is 5.26. The molecule has 0 rings (SSSR count). The summed E-state index contributed by atoms with van der Waals surface area (Å²) in [5.41, 5.74) is 1.29. The van der Waals surface area contributed by atoms with E-state index in [1.54, 1.807) is 0 Å². The summed E-state index contributed by atoms with van der Waals surface area (Å²) in [5, 5.41) is 0. The molecule has 0 unspecified atom stereocenters. The molecule has 0 aromatic heterocycles. The van der Waals surface area contributed by atoms with Crippen molar-refractivity contribution < 1.29 is 19.1 Å². The molecule has 0 aliphatic carbocycles. The molecule has 4 heteroatoms. The molecule has 0 saturated heterocycles. The summed E-state index contributed by atoms with van der Waals surface area (Å²) in [7, 11) is 2.61. The molecule has 4 nitrogen and oxygen atoms in total. The van der Waals surface area contributed by atoms with E-state index >= 15 is 0 Å². The standard InChI is InChI=1S/C12H20O4/c1-8(2)6-9(3)10(12(14)16-5)7-11(13)15-4/h8H,6-7H2,1-5H3/b10-9+. The third kappa shape index (κ3) is 4.96. The number of carbonyl (C=O) groups is 2. The van der Waals surface area contributed by atoms with Gasteiger partial charge in [-0.3, -0.25) is 4.79 Å². The number of rotatable bonds is 5. The van der Waals surface area contributed by atoms with Crippen LogP contribution >= 0.6 is 0 Å². The lowest BCUT2D eigenvalue weighted by molar-refractivity contribution is -0.143. The monoisotopic (exact) mass is 228 g/mol. The Morgan fingerprint density at radius 2 is 1.69 bits per heavy atom.